The second-order valence-corrected chi connectivity index (χ2v) is 9.18. The molecule has 0 bridgehead atoms. The smallest absolute Gasteiger partial charge is 0.810 e. The van der Waals surface area contributed by atoms with E-state index in [9.17, 15) is 28.7 Å². The van der Waals surface area contributed by atoms with E-state index >= 15 is 0 Å². The average molecular weight is 428 g/mol. The summed E-state index contributed by atoms with van der Waals surface area (Å²) in [6.07, 6.45) is 5.91. The molecule has 0 aromatic rings. The fourth-order valence-corrected chi connectivity index (χ4v) is 4.21. The van der Waals surface area contributed by atoms with Gasteiger partial charge >= 0.3 is 118 Å². The Kier molecular flexibility index (Phi) is 31.0. The predicted molar refractivity (Wildman–Crippen MR) is 75.3 cm³/mol. The van der Waals surface area contributed by atoms with Gasteiger partial charge in [-0.3, -0.25) is 0 Å². The maximum atomic E-state index is 10.8. The van der Waals surface area contributed by atoms with E-state index in [1.807, 2.05) is 26.8 Å². The molecule has 12 heteroatoms. The van der Waals surface area contributed by atoms with Crippen molar-refractivity contribution in [3.8, 4) is 0 Å². The van der Waals surface area contributed by atoms with Crippen molar-refractivity contribution in [2.75, 3.05) is 0 Å². The van der Waals surface area contributed by atoms with Gasteiger partial charge < -0.3 is 28.7 Å². The van der Waals surface area contributed by atoms with Crippen LogP contribution in [0.25, 0.3) is 0 Å². The van der Waals surface area contributed by atoms with E-state index in [4.69, 9.17) is 0 Å². The Morgan fingerprint density at radius 2 is 1.28 bits per heavy atom. The van der Waals surface area contributed by atoms with Crippen molar-refractivity contribution in [3.05, 3.63) is 23.3 Å². The molecule has 0 aromatic carbocycles. The Bertz CT molecular complexity index is 461. The fraction of sp³-hybridized carbons (Fsp3) is 0.692. The van der Waals surface area contributed by atoms with Crippen LogP contribution in [0.3, 0.4) is 0 Å². The van der Waals surface area contributed by atoms with Gasteiger partial charge in [-0.25, -0.2) is 0 Å². The van der Waals surface area contributed by atoms with Gasteiger partial charge in [0, 0.05) is 5.40 Å². The van der Waals surface area contributed by atoms with Crippen LogP contribution in [0.2, 0.25) is 0 Å². The van der Waals surface area contributed by atoms with Crippen molar-refractivity contribution in [1.82, 2.24) is 0 Å². The molecular formula is C13H22Na4O6P2. The van der Waals surface area contributed by atoms with Crippen molar-refractivity contribution in [2.24, 2.45) is 0 Å². The largest absolute Gasteiger partial charge is 1.00 e. The van der Waals surface area contributed by atoms with Crippen LogP contribution in [0.4, 0.5) is 0 Å². The molecule has 0 rings (SSSR count). The van der Waals surface area contributed by atoms with Crippen LogP contribution >= 0.6 is 15.2 Å². The molecule has 124 valence electrons. The van der Waals surface area contributed by atoms with Crippen molar-refractivity contribution in [3.63, 3.8) is 0 Å². The number of unbranched alkanes of at least 4 members (excludes halogenated alkanes) is 1. The summed E-state index contributed by atoms with van der Waals surface area (Å²) in [7, 11) is -10.8. The number of allylic oxidation sites excluding steroid dienone is 4. The molecule has 6 nitrogen and oxygen atoms in total. The molecule has 0 aliphatic rings. The second-order valence-electron chi connectivity index (χ2n) is 5.36. The molecule has 25 heavy (non-hydrogen) atoms. The molecule has 0 heterocycles. The van der Waals surface area contributed by atoms with Crippen molar-refractivity contribution < 1.29 is 147 Å². The quantitative estimate of drug-likeness (QED) is 0.155. The van der Waals surface area contributed by atoms with Gasteiger partial charge in [0.05, 0.1) is 0 Å². The zero-order valence-electron chi connectivity index (χ0n) is 16.6. The van der Waals surface area contributed by atoms with Crippen LogP contribution in [-0.2, 0) is 9.13 Å². The Balaban J connectivity index is -0.000000333. The Labute approximate surface area is 239 Å². The first-order chi connectivity index (χ1) is 9.44. The third-order valence-corrected chi connectivity index (χ3v) is 6.65. The van der Waals surface area contributed by atoms with Gasteiger partial charge in [-0.2, -0.15) is 0 Å². The average Bonchev–Trinajstić information content (AvgIpc) is 2.24. The maximum absolute atomic E-state index is 10.8. The first-order valence-corrected chi connectivity index (χ1v) is 9.99. The van der Waals surface area contributed by atoms with Crippen LogP contribution in [0.5, 0.6) is 0 Å². The summed E-state index contributed by atoms with van der Waals surface area (Å²) in [6, 6.07) is 0. The number of hydrogen-bond donors (Lipinski definition) is 0. The predicted octanol–water partition coefficient (Wildman–Crippen LogP) is -11.0. The minimum absolute atomic E-state index is 0. The topological polar surface area (TPSA) is 126 Å². The van der Waals surface area contributed by atoms with Gasteiger partial charge in [0.15, 0.2) is 0 Å². The van der Waals surface area contributed by atoms with E-state index in [1.54, 1.807) is 0 Å². The van der Waals surface area contributed by atoms with Gasteiger partial charge in [-0.05, 0) is 52.9 Å². The van der Waals surface area contributed by atoms with Gasteiger partial charge in [-0.1, -0.05) is 38.5 Å². The van der Waals surface area contributed by atoms with Gasteiger partial charge in [0.2, 0.25) is 0 Å². The third kappa shape index (κ3) is 22.3. The first kappa shape index (κ1) is 39.3. The molecule has 0 atom stereocenters. The molecule has 0 radical (unpaired) electrons. The summed E-state index contributed by atoms with van der Waals surface area (Å²) in [5, 5.41) is -2.33. The summed E-state index contributed by atoms with van der Waals surface area (Å²) in [5.74, 6) is 0. The van der Waals surface area contributed by atoms with Crippen molar-refractivity contribution >= 4 is 15.2 Å². The van der Waals surface area contributed by atoms with E-state index in [2.05, 4.69) is 6.08 Å². The van der Waals surface area contributed by atoms with Crippen LogP contribution in [0.1, 0.15) is 52.9 Å². The van der Waals surface area contributed by atoms with Gasteiger partial charge in [0.25, 0.3) is 0 Å². The molecule has 0 unspecified atom stereocenters. The van der Waals surface area contributed by atoms with E-state index in [0.717, 1.165) is 18.4 Å². The second kappa shape index (κ2) is 19.7. The van der Waals surface area contributed by atoms with Crippen molar-refractivity contribution in [2.45, 2.75) is 58.3 Å². The SMILES string of the molecule is CC(C)=CCC/C(C)=C/CCCC(P(=O)([O-])[O-])P(=O)([O-])[O-].[Na+].[Na+].[Na+].[Na+]. The van der Waals surface area contributed by atoms with Gasteiger partial charge in [0.1, 0.15) is 0 Å². The molecule has 0 amide bonds. The normalized spacial score (nSPS) is 11.4. The van der Waals surface area contributed by atoms with Crippen LogP contribution < -0.4 is 138 Å². The molecule has 0 aliphatic heterocycles. The molecule has 0 fully saturated rings. The summed E-state index contributed by atoms with van der Waals surface area (Å²) < 4.78 is 21.6. The van der Waals surface area contributed by atoms with E-state index in [-0.39, 0.29) is 125 Å². The molecule has 0 aliphatic carbocycles. The number of hydrogen-bond acceptors (Lipinski definition) is 6. The zero-order valence-corrected chi connectivity index (χ0v) is 26.4. The molecule has 0 aromatic heterocycles. The van der Waals surface area contributed by atoms with E-state index < -0.39 is 27.0 Å². The standard InChI is InChI=1S/C13H26O6P2.4Na/c1-11(2)7-6-9-12(3)8-4-5-10-13(20(14,15)16)21(17,18)19;;;;/h7-8,13H,4-6,9-10H2,1-3H3,(H2,14,15,16)(H2,17,18,19);;;;/q;4*+1/p-4/b12-8+;;;;. The fourth-order valence-electron chi connectivity index (χ4n) is 1.83. The number of rotatable bonds is 9. The summed E-state index contributed by atoms with van der Waals surface area (Å²) in [5.41, 5.74) is 2.33. The molecule has 0 saturated carbocycles. The molecule has 0 saturated heterocycles. The molecule has 0 spiro atoms. The van der Waals surface area contributed by atoms with Gasteiger partial charge in [-0.15, -0.1) is 0 Å². The minimum Gasteiger partial charge on any atom is -0.810 e. The molecular weight excluding hydrogens is 406 g/mol. The van der Waals surface area contributed by atoms with Crippen LogP contribution in [0.15, 0.2) is 23.3 Å². The summed E-state index contributed by atoms with van der Waals surface area (Å²) >= 11 is 0. The summed E-state index contributed by atoms with van der Waals surface area (Å²) in [6.45, 7) is 5.94. The molecule has 0 N–H and O–H groups in total. The van der Waals surface area contributed by atoms with Crippen molar-refractivity contribution in [1.29, 1.82) is 0 Å². The van der Waals surface area contributed by atoms with E-state index in [0.29, 0.717) is 6.42 Å². The Hall–Kier alpha value is 3.78. The summed E-state index contributed by atoms with van der Waals surface area (Å²) in [4.78, 5) is 43.2. The maximum Gasteiger partial charge on any atom is 1.00 e. The Morgan fingerprint density at radius 3 is 1.64 bits per heavy atom. The van der Waals surface area contributed by atoms with E-state index in [1.165, 1.54) is 5.57 Å². The van der Waals surface area contributed by atoms with Crippen LogP contribution in [0, 0.1) is 0 Å². The third-order valence-electron chi connectivity index (χ3n) is 2.98. The first-order valence-electron chi connectivity index (χ1n) is 6.77. The minimum atomic E-state index is -5.41. The Morgan fingerprint density at radius 1 is 0.840 bits per heavy atom. The zero-order chi connectivity index (χ0) is 16.7. The monoisotopic (exact) mass is 428 g/mol. The van der Waals surface area contributed by atoms with Crippen LogP contribution in [-0.4, -0.2) is 5.40 Å².